The van der Waals surface area contributed by atoms with Gasteiger partial charge in [0.05, 0.1) is 35.9 Å². The summed E-state index contributed by atoms with van der Waals surface area (Å²) >= 11 is 0. The summed E-state index contributed by atoms with van der Waals surface area (Å²) < 4.78 is 71.2. The molecule has 5 N–H and O–H groups in total. The number of aromatic hydroxyl groups is 1. The highest BCUT2D eigenvalue weighted by Gasteiger charge is 2.38. The Morgan fingerprint density at radius 1 is 0.940 bits per heavy atom. The Labute approximate surface area is 482 Å². The van der Waals surface area contributed by atoms with Gasteiger partial charge in [0.1, 0.15) is 46.3 Å². The van der Waals surface area contributed by atoms with Crippen LogP contribution in [0, 0.1) is 41.6 Å². The number of aromatic nitrogens is 1. The number of piperazine rings is 1. The second-order valence-electron chi connectivity index (χ2n) is 21.4. The maximum atomic E-state index is 17.1. The third kappa shape index (κ3) is 14.7. The monoisotopic (exact) mass is 1150 g/mol. The smallest absolute Gasteiger partial charge is 0.254 e. The summed E-state index contributed by atoms with van der Waals surface area (Å²) in [5.74, 6) is 1.23. The summed E-state index contributed by atoms with van der Waals surface area (Å²) in [5.41, 5.74) is 1.83. The number of amides is 2. The van der Waals surface area contributed by atoms with Crippen molar-refractivity contribution >= 4 is 47.4 Å². The molecular formula is C63H75F4N9O7. The first-order valence-electron chi connectivity index (χ1n) is 28.0. The lowest BCUT2D eigenvalue weighted by Crippen LogP contribution is -2.50. The number of aliphatic imine (C=N–C) groups is 3. The van der Waals surface area contributed by atoms with Crippen molar-refractivity contribution in [3.63, 3.8) is 0 Å². The molecule has 20 heteroatoms. The Kier molecular flexibility index (Phi) is 22.4. The van der Waals surface area contributed by atoms with E-state index in [0.29, 0.717) is 91.2 Å². The van der Waals surface area contributed by atoms with Gasteiger partial charge >= 0.3 is 0 Å². The van der Waals surface area contributed by atoms with E-state index < -0.39 is 29.2 Å². The largest absolute Gasteiger partial charge is 0.508 e. The van der Waals surface area contributed by atoms with Crippen molar-refractivity contribution in [2.75, 3.05) is 66.6 Å². The second kappa shape index (κ2) is 29.5. The van der Waals surface area contributed by atoms with Crippen molar-refractivity contribution in [2.45, 2.75) is 96.3 Å². The normalized spacial score (nSPS) is 20.6. The van der Waals surface area contributed by atoms with Crippen LogP contribution in [0.3, 0.4) is 0 Å². The molecule has 4 fully saturated rings. The zero-order chi connectivity index (χ0) is 59.9. The molecule has 1 aromatic heterocycles. The number of ether oxygens (including phenoxy) is 1. The van der Waals surface area contributed by atoms with Crippen LogP contribution in [0.15, 0.2) is 110 Å². The molecule has 4 aromatic carbocycles. The molecule has 6 heterocycles. The van der Waals surface area contributed by atoms with E-state index >= 15 is 8.78 Å². The molecule has 2 bridgehead atoms. The van der Waals surface area contributed by atoms with E-state index in [9.17, 15) is 23.5 Å². The number of phenolic OH excluding ortho intramolecular Hbond substituents is 1. The molecule has 83 heavy (non-hydrogen) atoms. The predicted molar refractivity (Wildman–Crippen MR) is 315 cm³/mol. The van der Waals surface area contributed by atoms with Crippen LogP contribution in [-0.2, 0) is 9.59 Å². The Balaban J connectivity index is 0.000000362. The Morgan fingerprint density at radius 2 is 1.63 bits per heavy atom. The molecule has 5 atom stereocenters. The number of aliphatic hydroxyl groups is 2. The van der Waals surface area contributed by atoms with Gasteiger partial charge in [-0.1, -0.05) is 56.2 Å². The summed E-state index contributed by atoms with van der Waals surface area (Å²) in [6.07, 6.45) is 13.9. The molecule has 4 saturated heterocycles. The molecular weight excluding hydrogens is 1070 g/mol. The molecule has 5 aliphatic rings. The molecule has 0 saturated carbocycles. The van der Waals surface area contributed by atoms with E-state index in [1.807, 2.05) is 25.7 Å². The number of hydrogen-bond donors (Lipinski definition) is 5. The van der Waals surface area contributed by atoms with Gasteiger partial charge in [-0.3, -0.25) is 19.6 Å². The molecule has 0 spiro atoms. The number of hydrogen-bond acceptors (Lipinski definition) is 14. The third-order valence-electron chi connectivity index (χ3n) is 15.8. The van der Waals surface area contributed by atoms with E-state index in [1.54, 1.807) is 36.5 Å². The van der Waals surface area contributed by atoms with Crippen molar-refractivity contribution in [3.8, 4) is 35.1 Å². The van der Waals surface area contributed by atoms with Gasteiger partial charge < -0.3 is 49.9 Å². The molecule has 16 nitrogen and oxygen atoms in total. The first kappa shape index (κ1) is 62.9. The van der Waals surface area contributed by atoms with Gasteiger partial charge in [-0.25, -0.2) is 22.6 Å². The number of likely N-dealkylation sites (tertiary alicyclic amines) is 3. The van der Waals surface area contributed by atoms with E-state index in [-0.39, 0.29) is 63.1 Å². The van der Waals surface area contributed by atoms with Crippen molar-refractivity contribution in [1.82, 2.24) is 30.5 Å². The van der Waals surface area contributed by atoms with Crippen LogP contribution < -0.4 is 15.4 Å². The average Bonchev–Trinajstić information content (AvgIpc) is 3.69. The number of allylic oxidation sites excluding steroid dienone is 2. The minimum Gasteiger partial charge on any atom is -0.508 e. The SMILES string of the molecule is C#Cc1c(F)ccc2cc(O)cc(C3=C(F)C(=NCCN4CCC(COc5cc(C(C(=O)N6CCCC6C)C(C)C)on5)CC4)/C(=C(\N=C)N4CC5CCC(C4)N5)C=N3)c12.CC(NC=O)c1ccc(-c2c(F)cccc2F)cc1.CO.CO. The minimum absolute atomic E-state index is 0.0370. The van der Waals surface area contributed by atoms with Crippen LogP contribution in [0.4, 0.5) is 17.6 Å². The molecule has 0 radical (unpaired) electrons. The number of rotatable bonds is 16. The van der Waals surface area contributed by atoms with Crippen LogP contribution in [0.2, 0.25) is 0 Å². The van der Waals surface area contributed by atoms with Crippen molar-refractivity contribution in [3.05, 3.63) is 130 Å². The number of benzene rings is 4. The quantitative estimate of drug-likeness (QED) is 0.0273. The lowest BCUT2D eigenvalue weighted by molar-refractivity contribution is -0.135. The number of carbonyl (C=O) groups is 2. The molecule has 2 amide bonds. The molecule has 5 unspecified atom stereocenters. The first-order chi connectivity index (χ1) is 40.1. The Bertz CT molecular complexity index is 3210. The predicted octanol–water partition coefficient (Wildman–Crippen LogP) is 9.36. The summed E-state index contributed by atoms with van der Waals surface area (Å²) in [6, 6.07) is 18.5. The molecule has 0 aliphatic carbocycles. The van der Waals surface area contributed by atoms with Crippen LogP contribution in [0.1, 0.15) is 101 Å². The second-order valence-corrected chi connectivity index (χ2v) is 21.4. The third-order valence-corrected chi connectivity index (χ3v) is 15.8. The van der Waals surface area contributed by atoms with Gasteiger partial charge in [0, 0.05) is 81.8 Å². The van der Waals surface area contributed by atoms with Crippen molar-refractivity contribution in [1.29, 1.82) is 0 Å². The summed E-state index contributed by atoms with van der Waals surface area (Å²) in [6.45, 7) is 17.0. The van der Waals surface area contributed by atoms with E-state index in [0.717, 1.165) is 77.9 Å². The molecule has 442 valence electrons. The van der Waals surface area contributed by atoms with Crippen molar-refractivity contribution in [2.24, 2.45) is 26.8 Å². The number of halogens is 4. The number of carbonyl (C=O) groups excluding carboxylic acids is 2. The van der Waals surface area contributed by atoms with Crippen LogP contribution in [0.5, 0.6) is 11.6 Å². The van der Waals surface area contributed by atoms with Crippen LogP contribution >= 0.6 is 0 Å². The highest BCUT2D eigenvalue weighted by atomic mass is 19.1. The zero-order valence-electron chi connectivity index (χ0n) is 47.9. The first-order valence-corrected chi connectivity index (χ1v) is 28.0. The van der Waals surface area contributed by atoms with E-state index in [4.69, 9.17) is 30.9 Å². The number of fused-ring (bicyclic) bond motifs is 3. The van der Waals surface area contributed by atoms with Gasteiger partial charge in [0.15, 0.2) is 11.6 Å². The number of aliphatic hydroxyl groups excluding tert-OH is 2. The van der Waals surface area contributed by atoms with Crippen molar-refractivity contribution < 1.29 is 51.7 Å². The average molecular weight is 1150 g/mol. The maximum Gasteiger partial charge on any atom is 0.254 e. The Hall–Kier alpha value is -7.70. The van der Waals surface area contributed by atoms with E-state index in [2.05, 4.69) is 55.1 Å². The van der Waals surface area contributed by atoms with Gasteiger partial charge in [-0.05, 0) is 136 Å². The maximum absolute atomic E-state index is 17.1. The lowest BCUT2D eigenvalue weighted by atomic mass is 9.91. The standard InChI is InChI=1S/C46H54F2N8O4.C15H13F2NO.2CH4O/c1-6-34-37(47)12-9-30-20-33(57)21-35(41(30)34)43-42(48)44(36(23-51-43)45(49-5)55-24-31-10-11-32(25-55)52-31)50-15-19-54-17-13-29(14-18-54)26-59-39-22-38(60-53-39)40(27(2)3)46(58)56-16-7-8-28(56)4;1-10(18-9-19)11-5-7-12(8-6-11)15-13(16)3-2-4-14(15)17;2*1-2/h1,9,12,20-23,27-29,31-32,40,52,57H,5,7-8,10-11,13-19,24-26H2,2-4H3;2-10H,1H3,(H,18,19);2*2H,1H3/b45-36+,50-44?;;;. The number of terminal acetylenes is 1. The number of phenols is 1. The minimum atomic E-state index is -0.715. The highest BCUT2D eigenvalue weighted by molar-refractivity contribution is 6.29. The van der Waals surface area contributed by atoms with Crippen LogP contribution in [0.25, 0.3) is 27.6 Å². The zero-order valence-corrected chi connectivity index (χ0v) is 47.9. The van der Waals surface area contributed by atoms with E-state index in [1.165, 1.54) is 42.5 Å². The molecule has 5 aliphatic heterocycles. The summed E-state index contributed by atoms with van der Waals surface area (Å²) in [4.78, 5) is 44.1. The fraction of sp³-hybridized carbons (Fsp3) is 0.429. The summed E-state index contributed by atoms with van der Waals surface area (Å²) in [7, 11) is 2.00. The highest BCUT2D eigenvalue weighted by Crippen LogP contribution is 2.39. The number of piperidine rings is 1. The van der Waals surface area contributed by atoms with Gasteiger partial charge in [-0.15, -0.1) is 6.42 Å². The summed E-state index contributed by atoms with van der Waals surface area (Å²) in [5, 5.41) is 35.8. The van der Waals surface area contributed by atoms with Gasteiger partial charge in [0.2, 0.25) is 12.3 Å². The fourth-order valence-corrected chi connectivity index (χ4v) is 11.5. The fourth-order valence-electron chi connectivity index (χ4n) is 11.5. The lowest BCUT2D eigenvalue weighted by Gasteiger charge is -2.35. The van der Waals surface area contributed by atoms with Gasteiger partial charge in [0.25, 0.3) is 5.88 Å². The number of nitrogens with one attached hydrogen (secondary N) is 2. The number of nitrogens with zero attached hydrogens (tertiary/aromatic N) is 7. The topological polar surface area (TPSA) is 201 Å². The van der Waals surface area contributed by atoms with Gasteiger partial charge in [-0.2, -0.15) is 0 Å². The molecule has 5 aromatic rings. The Morgan fingerprint density at radius 3 is 2.24 bits per heavy atom. The van der Waals surface area contributed by atoms with Crippen LogP contribution in [-0.4, -0.2) is 151 Å². The molecule has 10 rings (SSSR count).